The maximum absolute atomic E-state index is 13.1. The lowest BCUT2D eigenvalue weighted by Gasteiger charge is -2.22. The topological polar surface area (TPSA) is 32.3 Å². The molecule has 0 heterocycles. The van der Waals surface area contributed by atoms with Gasteiger partial charge in [-0.1, -0.05) is 12.1 Å². The van der Waals surface area contributed by atoms with Crippen LogP contribution in [0.2, 0.25) is 0 Å². The van der Waals surface area contributed by atoms with E-state index in [0.717, 1.165) is 24.9 Å². The van der Waals surface area contributed by atoms with Crippen molar-refractivity contribution in [3.05, 3.63) is 35.6 Å². The molecule has 0 aromatic heterocycles. The van der Waals surface area contributed by atoms with E-state index in [1.54, 1.807) is 6.07 Å². The lowest BCUT2D eigenvalue weighted by Crippen LogP contribution is -2.40. The highest BCUT2D eigenvalue weighted by atomic mass is 19.1. The average molecular weight is 264 g/mol. The molecule has 3 nitrogen and oxygen atoms in total. The Hall–Kier alpha value is -1.42. The molecule has 1 amide bonds. The molecule has 19 heavy (non-hydrogen) atoms. The maximum atomic E-state index is 13.1. The first kappa shape index (κ1) is 14.0. The molecule has 0 bridgehead atoms. The Labute approximate surface area is 113 Å². The molecule has 1 aliphatic carbocycles. The van der Waals surface area contributed by atoms with Crippen LogP contribution in [0.25, 0.3) is 0 Å². The monoisotopic (exact) mass is 264 g/mol. The summed E-state index contributed by atoms with van der Waals surface area (Å²) in [4.78, 5) is 14.0. The summed E-state index contributed by atoms with van der Waals surface area (Å²) in [7, 11) is 0. The minimum absolute atomic E-state index is 0.0300. The van der Waals surface area contributed by atoms with Gasteiger partial charge >= 0.3 is 0 Å². The maximum Gasteiger partial charge on any atom is 0.236 e. The third-order valence-corrected chi connectivity index (χ3v) is 3.56. The van der Waals surface area contributed by atoms with Crippen molar-refractivity contribution < 1.29 is 9.18 Å². The highest BCUT2D eigenvalue weighted by Gasteiger charge is 2.31. The van der Waals surface area contributed by atoms with Crippen molar-refractivity contribution in [2.75, 3.05) is 13.1 Å². The Morgan fingerprint density at radius 2 is 2.26 bits per heavy atom. The molecule has 0 aliphatic heterocycles. The van der Waals surface area contributed by atoms with Crippen molar-refractivity contribution in [1.82, 2.24) is 10.2 Å². The smallest absolute Gasteiger partial charge is 0.236 e. The van der Waals surface area contributed by atoms with Crippen molar-refractivity contribution in [2.24, 2.45) is 0 Å². The van der Waals surface area contributed by atoms with E-state index in [2.05, 4.69) is 5.32 Å². The summed E-state index contributed by atoms with van der Waals surface area (Å²) in [5.41, 5.74) is 0.863. The summed E-state index contributed by atoms with van der Waals surface area (Å²) >= 11 is 0. The number of hydrogen-bond donors (Lipinski definition) is 1. The van der Waals surface area contributed by atoms with Gasteiger partial charge in [0.05, 0.1) is 6.54 Å². The SMILES string of the molecule is CCN(C(=O)CN[C@@H](C)c1cccc(F)c1)C1CC1. The Kier molecular flexibility index (Phi) is 4.53. The fourth-order valence-corrected chi connectivity index (χ4v) is 2.26. The highest BCUT2D eigenvalue weighted by Crippen LogP contribution is 2.26. The Morgan fingerprint density at radius 3 is 2.84 bits per heavy atom. The summed E-state index contributed by atoms with van der Waals surface area (Å²) in [6.45, 7) is 5.02. The van der Waals surface area contributed by atoms with E-state index < -0.39 is 0 Å². The van der Waals surface area contributed by atoms with Crippen LogP contribution in [0.5, 0.6) is 0 Å². The van der Waals surface area contributed by atoms with Gasteiger partial charge in [0.15, 0.2) is 0 Å². The van der Waals surface area contributed by atoms with Gasteiger partial charge in [-0.25, -0.2) is 4.39 Å². The van der Waals surface area contributed by atoms with Gasteiger partial charge in [-0.15, -0.1) is 0 Å². The number of likely N-dealkylation sites (N-methyl/N-ethyl adjacent to an activating group) is 1. The molecular formula is C15H21FN2O. The predicted octanol–water partition coefficient (Wildman–Crippen LogP) is 2.49. The van der Waals surface area contributed by atoms with Crippen LogP contribution in [0.3, 0.4) is 0 Å². The quantitative estimate of drug-likeness (QED) is 0.856. The lowest BCUT2D eigenvalue weighted by molar-refractivity contribution is -0.130. The summed E-state index contributed by atoms with van der Waals surface area (Å²) in [6, 6.07) is 6.89. The van der Waals surface area contributed by atoms with E-state index in [1.807, 2.05) is 24.8 Å². The van der Waals surface area contributed by atoms with Crippen molar-refractivity contribution >= 4 is 5.91 Å². The van der Waals surface area contributed by atoms with Crippen LogP contribution < -0.4 is 5.32 Å². The predicted molar refractivity (Wildman–Crippen MR) is 73.2 cm³/mol. The number of carbonyl (C=O) groups excluding carboxylic acids is 1. The second-order valence-electron chi connectivity index (χ2n) is 5.07. The van der Waals surface area contributed by atoms with E-state index in [1.165, 1.54) is 12.1 Å². The average Bonchev–Trinajstić information content (AvgIpc) is 3.21. The zero-order valence-electron chi connectivity index (χ0n) is 11.5. The zero-order valence-corrected chi connectivity index (χ0v) is 11.5. The molecule has 1 fully saturated rings. The molecule has 0 unspecified atom stereocenters. The third kappa shape index (κ3) is 3.77. The normalized spacial score (nSPS) is 16.2. The molecule has 104 valence electrons. The molecule has 1 aromatic carbocycles. The molecule has 0 saturated heterocycles. The zero-order chi connectivity index (χ0) is 13.8. The molecule has 1 aromatic rings. The molecule has 0 radical (unpaired) electrons. The summed E-state index contributed by atoms with van der Waals surface area (Å²) < 4.78 is 13.1. The van der Waals surface area contributed by atoms with Crippen molar-refractivity contribution in [3.63, 3.8) is 0 Å². The van der Waals surface area contributed by atoms with Crippen LogP contribution in [0, 0.1) is 5.82 Å². The highest BCUT2D eigenvalue weighted by molar-refractivity contribution is 5.79. The van der Waals surface area contributed by atoms with E-state index in [4.69, 9.17) is 0 Å². The van der Waals surface area contributed by atoms with Crippen LogP contribution in [-0.2, 0) is 4.79 Å². The lowest BCUT2D eigenvalue weighted by atomic mass is 10.1. The van der Waals surface area contributed by atoms with Crippen molar-refractivity contribution in [3.8, 4) is 0 Å². The second-order valence-corrected chi connectivity index (χ2v) is 5.07. The Balaban J connectivity index is 1.85. The van der Waals surface area contributed by atoms with E-state index in [0.29, 0.717) is 12.6 Å². The van der Waals surface area contributed by atoms with Gasteiger partial charge in [0.2, 0.25) is 5.91 Å². The molecule has 1 aliphatic rings. The minimum Gasteiger partial charge on any atom is -0.339 e. The van der Waals surface area contributed by atoms with E-state index >= 15 is 0 Å². The molecule has 1 saturated carbocycles. The first-order valence-corrected chi connectivity index (χ1v) is 6.90. The summed E-state index contributed by atoms with van der Waals surface area (Å²) in [5.74, 6) is -0.112. The number of hydrogen-bond acceptors (Lipinski definition) is 2. The number of carbonyl (C=O) groups is 1. The van der Waals surface area contributed by atoms with E-state index in [9.17, 15) is 9.18 Å². The van der Waals surface area contributed by atoms with E-state index in [-0.39, 0.29) is 17.8 Å². The van der Waals surface area contributed by atoms with Crippen LogP contribution in [0.15, 0.2) is 24.3 Å². The number of amides is 1. The Morgan fingerprint density at radius 1 is 1.53 bits per heavy atom. The van der Waals surface area contributed by atoms with Gasteiger partial charge in [0, 0.05) is 18.6 Å². The van der Waals surface area contributed by atoms with Crippen LogP contribution >= 0.6 is 0 Å². The molecule has 4 heteroatoms. The van der Waals surface area contributed by atoms with Gasteiger partial charge in [-0.3, -0.25) is 4.79 Å². The number of benzene rings is 1. The Bertz CT molecular complexity index is 446. The van der Waals surface area contributed by atoms with Crippen molar-refractivity contribution in [2.45, 2.75) is 38.8 Å². The summed E-state index contributed by atoms with van der Waals surface area (Å²) in [6.07, 6.45) is 2.25. The first-order chi connectivity index (χ1) is 9.11. The fourth-order valence-electron chi connectivity index (χ4n) is 2.26. The molecule has 0 spiro atoms. The van der Waals surface area contributed by atoms with Gasteiger partial charge in [0.25, 0.3) is 0 Å². The summed E-state index contributed by atoms with van der Waals surface area (Å²) in [5, 5.41) is 3.17. The van der Waals surface area contributed by atoms with Gasteiger partial charge in [0.1, 0.15) is 5.82 Å². The van der Waals surface area contributed by atoms with Gasteiger partial charge in [-0.05, 0) is 44.4 Å². The van der Waals surface area contributed by atoms with Crippen LogP contribution in [-0.4, -0.2) is 29.9 Å². The number of rotatable bonds is 6. The van der Waals surface area contributed by atoms with Crippen molar-refractivity contribution in [1.29, 1.82) is 0 Å². The number of nitrogens with zero attached hydrogens (tertiary/aromatic N) is 1. The van der Waals surface area contributed by atoms with Gasteiger partial charge in [-0.2, -0.15) is 0 Å². The first-order valence-electron chi connectivity index (χ1n) is 6.90. The number of halogens is 1. The molecule has 1 atom stereocenters. The minimum atomic E-state index is -0.245. The second kappa shape index (κ2) is 6.15. The van der Waals surface area contributed by atoms with Crippen LogP contribution in [0.1, 0.15) is 38.3 Å². The molecule has 1 N–H and O–H groups in total. The van der Waals surface area contributed by atoms with Gasteiger partial charge < -0.3 is 10.2 Å². The van der Waals surface area contributed by atoms with Crippen LogP contribution in [0.4, 0.5) is 4.39 Å². The molecule has 2 rings (SSSR count). The fraction of sp³-hybridized carbons (Fsp3) is 0.533. The third-order valence-electron chi connectivity index (χ3n) is 3.56. The largest absolute Gasteiger partial charge is 0.339 e. The molecular weight excluding hydrogens is 243 g/mol. The standard InChI is InChI=1S/C15H21FN2O/c1-3-18(14-7-8-14)15(19)10-17-11(2)12-5-4-6-13(16)9-12/h4-6,9,11,14,17H,3,7-8,10H2,1-2H3/t11-/m0/s1. The number of nitrogens with one attached hydrogen (secondary N) is 1.